The highest BCUT2D eigenvalue weighted by Crippen LogP contribution is 2.21. The molecular formula is C14H18N4O. The summed E-state index contributed by atoms with van der Waals surface area (Å²) in [5, 5.41) is 4.10. The number of nitrogens with zero attached hydrogens (tertiary/aromatic N) is 3. The number of nitrogens with two attached hydrogens (primary N) is 1. The van der Waals surface area contributed by atoms with Crippen LogP contribution in [-0.2, 0) is 13.6 Å². The molecule has 100 valence electrons. The van der Waals surface area contributed by atoms with E-state index >= 15 is 0 Å². The number of carbonyl (C=O) groups excluding carboxylic acids is 1. The number of carbonyl (C=O) groups is 1. The highest BCUT2D eigenvalue weighted by atomic mass is 16.2. The molecule has 1 aromatic heterocycles. The Labute approximate surface area is 112 Å². The van der Waals surface area contributed by atoms with E-state index in [1.54, 1.807) is 22.8 Å². The minimum absolute atomic E-state index is 0.0773. The molecule has 0 aliphatic heterocycles. The molecule has 2 rings (SSSR count). The smallest absolute Gasteiger partial charge is 0.261 e. The maximum absolute atomic E-state index is 12.5. The lowest BCUT2D eigenvalue weighted by Crippen LogP contribution is -2.28. The Hall–Kier alpha value is -2.14. The highest BCUT2D eigenvalue weighted by molar-refractivity contribution is 6.06. The number of hydrogen-bond donors (Lipinski definition) is 1. The minimum Gasteiger partial charge on any atom is -0.326 e. The van der Waals surface area contributed by atoms with Gasteiger partial charge in [-0.1, -0.05) is 18.2 Å². The summed E-state index contributed by atoms with van der Waals surface area (Å²) in [6.45, 7) is 2.28. The van der Waals surface area contributed by atoms with Gasteiger partial charge in [0, 0.05) is 32.0 Å². The molecule has 0 saturated heterocycles. The van der Waals surface area contributed by atoms with Crippen molar-refractivity contribution in [3.05, 3.63) is 47.3 Å². The number of anilines is 1. The second-order valence-electron chi connectivity index (χ2n) is 4.46. The second kappa shape index (κ2) is 5.24. The van der Waals surface area contributed by atoms with Crippen molar-refractivity contribution in [2.45, 2.75) is 13.5 Å². The van der Waals surface area contributed by atoms with Crippen molar-refractivity contribution in [3.8, 4) is 0 Å². The Morgan fingerprint density at radius 1 is 1.42 bits per heavy atom. The molecule has 0 aliphatic carbocycles. The van der Waals surface area contributed by atoms with Crippen LogP contribution in [-0.4, -0.2) is 22.7 Å². The highest BCUT2D eigenvalue weighted by Gasteiger charge is 2.19. The fourth-order valence-corrected chi connectivity index (χ4v) is 2.01. The van der Waals surface area contributed by atoms with Crippen molar-refractivity contribution in [1.29, 1.82) is 0 Å². The van der Waals surface area contributed by atoms with Gasteiger partial charge in [0.25, 0.3) is 5.91 Å². The van der Waals surface area contributed by atoms with E-state index in [-0.39, 0.29) is 5.91 Å². The van der Waals surface area contributed by atoms with Crippen LogP contribution in [0.2, 0.25) is 0 Å². The van der Waals surface area contributed by atoms with Gasteiger partial charge in [0.2, 0.25) is 0 Å². The van der Waals surface area contributed by atoms with Crippen LogP contribution in [0.15, 0.2) is 30.5 Å². The third kappa shape index (κ3) is 2.37. The Kier molecular flexibility index (Phi) is 3.66. The van der Waals surface area contributed by atoms with Crippen LogP contribution in [0, 0.1) is 6.92 Å². The predicted molar refractivity (Wildman–Crippen MR) is 75.0 cm³/mol. The summed E-state index contributed by atoms with van der Waals surface area (Å²) in [7, 11) is 3.57. The van der Waals surface area contributed by atoms with E-state index in [2.05, 4.69) is 5.10 Å². The fraction of sp³-hybridized carbons (Fsp3) is 0.286. The van der Waals surface area contributed by atoms with Gasteiger partial charge in [0.05, 0.1) is 11.8 Å². The quantitative estimate of drug-likeness (QED) is 0.906. The van der Waals surface area contributed by atoms with Crippen molar-refractivity contribution in [2.75, 3.05) is 11.9 Å². The van der Waals surface area contributed by atoms with Crippen molar-refractivity contribution in [2.24, 2.45) is 12.8 Å². The molecule has 1 aromatic carbocycles. The number of para-hydroxylation sites is 1. The van der Waals surface area contributed by atoms with Crippen LogP contribution in [0.25, 0.3) is 0 Å². The van der Waals surface area contributed by atoms with Crippen molar-refractivity contribution < 1.29 is 4.79 Å². The van der Waals surface area contributed by atoms with Crippen molar-refractivity contribution in [3.63, 3.8) is 0 Å². The lowest BCUT2D eigenvalue weighted by Gasteiger charge is -2.20. The molecule has 0 saturated carbocycles. The average Bonchev–Trinajstić information content (AvgIpc) is 2.77. The first-order chi connectivity index (χ1) is 9.06. The number of benzene rings is 1. The number of aryl methyl sites for hydroxylation is 1. The fourth-order valence-electron chi connectivity index (χ4n) is 2.01. The van der Waals surface area contributed by atoms with Gasteiger partial charge in [-0.15, -0.1) is 0 Å². The summed E-state index contributed by atoms with van der Waals surface area (Å²) in [6, 6.07) is 7.63. The molecule has 0 aliphatic rings. The average molecular weight is 258 g/mol. The molecule has 0 bridgehead atoms. The molecule has 19 heavy (non-hydrogen) atoms. The van der Waals surface area contributed by atoms with Crippen molar-refractivity contribution >= 4 is 11.6 Å². The van der Waals surface area contributed by atoms with Gasteiger partial charge in [-0.25, -0.2) is 0 Å². The molecule has 1 amide bonds. The van der Waals surface area contributed by atoms with Gasteiger partial charge in [0.1, 0.15) is 0 Å². The summed E-state index contributed by atoms with van der Waals surface area (Å²) in [5.41, 5.74) is 8.94. The first-order valence-electron chi connectivity index (χ1n) is 6.11. The molecule has 0 fully saturated rings. The zero-order valence-electron chi connectivity index (χ0n) is 11.4. The Morgan fingerprint density at radius 3 is 2.68 bits per heavy atom. The van der Waals surface area contributed by atoms with E-state index in [1.807, 2.05) is 38.2 Å². The van der Waals surface area contributed by atoms with Gasteiger partial charge in [-0.2, -0.15) is 5.10 Å². The van der Waals surface area contributed by atoms with Crippen LogP contribution in [0.1, 0.15) is 21.6 Å². The largest absolute Gasteiger partial charge is 0.326 e. The van der Waals surface area contributed by atoms with E-state index in [9.17, 15) is 4.79 Å². The van der Waals surface area contributed by atoms with Gasteiger partial charge in [-0.3, -0.25) is 9.48 Å². The summed E-state index contributed by atoms with van der Waals surface area (Å²) in [4.78, 5) is 14.1. The van der Waals surface area contributed by atoms with Crippen LogP contribution in [0.4, 0.5) is 5.69 Å². The van der Waals surface area contributed by atoms with Crippen LogP contribution in [0.3, 0.4) is 0 Å². The van der Waals surface area contributed by atoms with Crippen LogP contribution >= 0.6 is 0 Å². The van der Waals surface area contributed by atoms with Crippen LogP contribution < -0.4 is 10.6 Å². The zero-order valence-corrected chi connectivity index (χ0v) is 11.4. The summed E-state index contributed by atoms with van der Waals surface area (Å²) < 4.78 is 1.69. The second-order valence-corrected chi connectivity index (χ2v) is 4.46. The first-order valence-corrected chi connectivity index (χ1v) is 6.11. The standard InChI is InChI=1S/C14H18N4O/c1-10-12(9-16-18(10)3)14(19)17(2)13-7-5-4-6-11(13)8-15/h4-7,9H,8,15H2,1-3H3. The first kappa shape index (κ1) is 13.3. The van der Waals surface area contributed by atoms with E-state index in [1.165, 1.54) is 0 Å². The zero-order chi connectivity index (χ0) is 14.0. The number of aromatic nitrogens is 2. The maximum Gasteiger partial charge on any atom is 0.261 e. The summed E-state index contributed by atoms with van der Waals surface area (Å²) >= 11 is 0. The maximum atomic E-state index is 12.5. The van der Waals surface area contributed by atoms with Gasteiger partial charge < -0.3 is 10.6 Å². The lowest BCUT2D eigenvalue weighted by molar-refractivity contribution is 0.0992. The number of amides is 1. The molecule has 5 nitrogen and oxygen atoms in total. The molecule has 5 heteroatoms. The monoisotopic (exact) mass is 258 g/mol. The van der Waals surface area contributed by atoms with Crippen molar-refractivity contribution in [1.82, 2.24) is 9.78 Å². The minimum atomic E-state index is -0.0773. The third-order valence-electron chi connectivity index (χ3n) is 3.34. The third-order valence-corrected chi connectivity index (χ3v) is 3.34. The molecule has 1 heterocycles. The molecular weight excluding hydrogens is 240 g/mol. The Bertz CT molecular complexity index is 603. The Morgan fingerprint density at radius 2 is 2.11 bits per heavy atom. The van der Waals surface area contributed by atoms with Gasteiger partial charge in [-0.05, 0) is 18.6 Å². The van der Waals surface area contributed by atoms with E-state index in [0.29, 0.717) is 12.1 Å². The normalized spacial score (nSPS) is 10.5. The van der Waals surface area contributed by atoms with Gasteiger partial charge >= 0.3 is 0 Å². The predicted octanol–water partition coefficient (Wildman–Crippen LogP) is 1.46. The SMILES string of the molecule is Cc1c(C(=O)N(C)c2ccccc2CN)cnn1C. The molecule has 0 atom stereocenters. The molecule has 0 unspecified atom stereocenters. The van der Waals surface area contributed by atoms with E-state index < -0.39 is 0 Å². The topological polar surface area (TPSA) is 64.2 Å². The number of rotatable bonds is 3. The molecule has 0 radical (unpaired) electrons. The molecule has 2 aromatic rings. The van der Waals surface area contributed by atoms with Gasteiger partial charge in [0.15, 0.2) is 0 Å². The molecule has 2 N–H and O–H groups in total. The van der Waals surface area contributed by atoms with Crippen LogP contribution in [0.5, 0.6) is 0 Å². The number of hydrogen-bond acceptors (Lipinski definition) is 3. The molecule has 0 spiro atoms. The summed E-state index contributed by atoms with van der Waals surface area (Å²) in [6.07, 6.45) is 1.60. The Balaban J connectivity index is 2.36. The van der Waals surface area contributed by atoms with E-state index in [4.69, 9.17) is 5.73 Å². The van der Waals surface area contributed by atoms with E-state index in [0.717, 1.165) is 16.9 Å². The summed E-state index contributed by atoms with van der Waals surface area (Å²) in [5.74, 6) is -0.0773. The lowest BCUT2D eigenvalue weighted by atomic mass is 10.1.